The fourth-order valence-corrected chi connectivity index (χ4v) is 9.13. The molecule has 0 bridgehead atoms. The van der Waals surface area contributed by atoms with Crippen molar-refractivity contribution in [3.8, 4) is 27.9 Å². The lowest BCUT2D eigenvalue weighted by Gasteiger charge is -2.26. The standard InChI is InChI=1S/C56H36N2O/c1-2-12-42-35-46(34-29-37(42)11-1)57(53-36-43-13-3-4-14-47(43)55-50-17-7-10-20-54(50)59-56(53)55)44-30-25-40(26-31-44)38-21-23-39(24-22-38)41-27-32-45(33-28-41)58-51-18-8-5-15-48(51)49-16-6-9-19-52(49)58/h1-36H. The second kappa shape index (κ2) is 13.4. The van der Waals surface area contributed by atoms with Crippen LogP contribution in [0.3, 0.4) is 0 Å². The highest BCUT2D eigenvalue weighted by Crippen LogP contribution is 2.46. The van der Waals surface area contributed by atoms with E-state index in [0.717, 1.165) is 50.3 Å². The van der Waals surface area contributed by atoms with Crippen LogP contribution in [0.5, 0.6) is 0 Å². The summed E-state index contributed by atoms with van der Waals surface area (Å²) in [5, 5.41) is 9.56. The molecule has 0 amide bonds. The first-order valence-electron chi connectivity index (χ1n) is 20.2. The molecular weight excluding hydrogens is 717 g/mol. The van der Waals surface area contributed by atoms with Gasteiger partial charge in [-0.2, -0.15) is 0 Å². The van der Waals surface area contributed by atoms with Crippen LogP contribution in [0.15, 0.2) is 223 Å². The van der Waals surface area contributed by atoms with Gasteiger partial charge < -0.3 is 13.9 Å². The summed E-state index contributed by atoms with van der Waals surface area (Å²) in [5.74, 6) is 0. The molecule has 3 heteroatoms. The number of furan rings is 1. The Morgan fingerprint density at radius 2 is 0.847 bits per heavy atom. The van der Waals surface area contributed by atoms with Crippen molar-refractivity contribution in [2.75, 3.05) is 4.90 Å². The van der Waals surface area contributed by atoms with Gasteiger partial charge in [0.25, 0.3) is 0 Å². The number of aromatic nitrogens is 1. The molecule has 0 saturated carbocycles. The Balaban J connectivity index is 0.912. The molecule has 0 atom stereocenters. The van der Waals surface area contributed by atoms with Crippen LogP contribution in [0.2, 0.25) is 0 Å². The molecule has 12 aromatic rings. The summed E-state index contributed by atoms with van der Waals surface area (Å²) in [6, 6.07) is 78.6. The van der Waals surface area contributed by atoms with E-state index in [9.17, 15) is 0 Å². The maximum Gasteiger partial charge on any atom is 0.160 e. The molecular formula is C56H36N2O. The monoisotopic (exact) mass is 752 g/mol. The van der Waals surface area contributed by atoms with Crippen molar-refractivity contribution in [2.45, 2.75) is 0 Å². The Kier molecular flexibility index (Phi) is 7.54. The van der Waals surface area contributed by atoms with Gasteiger partial charge in [-0.1, -0.05) is 158 Å². The van der Waals surface area contributed by atoms with Crippen molar-refractivity contribution in [2.24, 2.45) is 0 Å². The number of hydrogen-bond acceptors (Lipinski definition) is 2. The molecule has 276 valence electrons. The first-order chi connectivity index (χ1) is 29.2. The van der Waals surface area contributed by atoms with Crippen molar-refractivity contribution in [3.63, 3.8) is 0 Å². The molecule has 0 spiro atoms. The average Bonchev–Trinajstić information content (AvgIpc) is 3.87. The number of hydrogen-bond donors (Lipinski definition) is 0. The topological polar surface area (TPSA) is 21.3 Å². The first-order valence-corrected chi connectivity index (χ1v) is 20.2. The van der Waals surface area contributed by atoms with Gasteiger partial charge >= 0.3 is 0 Å². The van der Waals surface area contributed by atoms with E-state index in [4.69, 9.17) is 4.42 Å². The van der Waals surface area contributed by atoms with E-state index in [2.05, 4.69) is 222 Å². The number of benzene rings is 10. The van der Waals surface area contributed by atoms with Crippen LogP contribution < -0.4 is 4.90 Å². The van der Waals surface area contributed by atoms with Crippen molar-refractivity contribution in [1.82, 2.24) is 4.57 Å². The van der Waals surface area contributed by atoms with Gasteiger partial charge in [-0.05, 0) is 104 Å². The van der Waals surface area contributed by atoms with Crippen LogP contribution in [0.25, 0.3) is 93.2 Å². The molecule has 12 rings (SSSR count). The van der Waals surface area contributed by atoms with E-state index in [1.54, 1.807) is 0 Å². The minimum atomic E-state index is 0.876. The Morgan fingerprint density at radius 1 is 0.356 bits per heavy atom. The highest BCUT2D eigenvalue weighted by Gasteiger charge is 2.22. The molecule has 0 radical (unpaired) electrons. The van der Waals surface area contributed by atoms with Crippen LogP contribution in [-0.2, 0) is 0 Å². The van der Waals surface area contributed by atoms with Crippen molar-refractivity contribution in [1.29, 1.82) is 0 Å². The SMILES string of the molecule is c1ccc2cc(N(c3ccc(-c4ccc(-c5ccc(-n6c7ccccc7c7ccccc76)cc5)cc4)cc3)c3cc4ccccc4c4c3oc3ccccc34)ccc2c1. The Morgan fingerprint density at radius 3 is 1.51 bits per heavy atom. The van der Waals surface area contributed by atoms with Gasteiger partial charge in [0.2, 0.25) is 0 Å². The zero-order valence-electron chi connectivity index (χ0n) is 32.1. The molecule has 59 heavy (non-hydrogen) atoms. The van der Waals surface area contributed by atoms with Gasteiger partial charge in [0.1, 0.15) is 5.58 Å². The first kappa shape index (κ1) is 33.3. The highest BCUT2D eigenvalue weighted by molar-refractivity contribution is 6.23. The van der Waals surface area contributed by atoms with E-state index in [1.807, 2.05) is 6.07 Å². The van der Waals surface area contributed by atoms with Crippen molar-refractivity contribution < 1.29 is 4.42 Å². The maximum absolute atomic E-state index is 6.76. The van der Waals surface area contributed by atoms with Crippen LogP contribution >= 0.6 is 0 Å². The molecule has 0 saturated heterocycles. The smallest absolute Gasteiger partial charge is 0.160 e. The summed E-state index contributed by atoms with van der Waals surface area (Å²) in [6.45, 7) is 0. The Labute approximate surface area is 341 Å². The van der Waals surface area contributed by atoms with Crippen molar-refractivity contribution >= 4 is 82.4 Å². The largest absolute Gasteiger partial charge is 0.454 e. The normalized spacial score (nSPS) is 11.7. The molecule has 0 unspecified atom stereocenters. The average molecular weight is 753 g/mol. The predicted octanol–water partition coefficient (Wildman–Crippen LogP) is 15.8. The fourth-order valence-electron chi connectivity index (χ4n) is 9.13. The van der Waals surface area contributed by atoms with Gasteiger partial charge in [0.05, 0.1) is 16.7 Å². The number of rotatable bonds is 6. The molecule has 0 aliphatic carbocycles. The van der Waals surface area contributed by atoms with E-state index in [0.29, 0.717) is 0 Å². The zero-order chi connectivity index (χ0) is 38.9. The quantitative estimate of drug-likeness (QED) is 0.169. The lowest BCUT2D eigenvalue weighted by molar-refractivity contribution is 0.669. The second-order valence-electron chi connectivity index (χ2n) is 15.3. The molecule has 0 N–H and O–H groups in total. The highest BCUT2D eigenvalue weighted by atomic mass is 16.3. The zero-order valence-corrected chi connectivity index (χ0v) is 32.1. The molecule has 0 aliphatic rings. The van der Waals surface area contributed by atoms with Gasteiger partial charge in [0, 0.05) is 38.6 Å². The van der Waals surface area contributed by atoms with E-state index in [-0.39, 0.29) is 0 Å². The minimum absolute atomic E-state index is 0.876. The molecule has 3 nitrogen and oxygen atoms in total. The van der Waals surface area contributed by atoms with Gasteiger partial charge in [-0.15, -0.1) is 0 Å². The molecule has 0 aliphatic heterocycles. The summed E-state index contributed by atoms with van der Waals surface area (Å²) < 4.78 is 9.12. The fraction of sp³-hybridized carbons (Fsp3) is 0. The van der Waals surface area contributed by atoms with Gasteiger partial charge in [-0.3, -0.25) is 0 Å². The summed E-state index contributed by atoms with van der Waals surface area (Å²) in [4.78, 5) is 2.35. The lowest BCUT2D eigenvalue weighted by atomic mass is 9.99. The van der Waals surface area contributed by atoms with Crippen LogP contribution in [0.4, 0.5) is 17.1 Å². The van der Waals surface area contributed by atoms with Crippen molar-refractivity contribution in [3.05, 3.63) is 218 Å². The van der Waals surface area contributed by atoms with Gasteiger partial charge in [0.15, 0.2) is 5.58 Å². The number of para-hydroxylation sites is 3. The minimum Gasteiger partial charge on any atom is -0.454 e. The molecule has 10 aromatic carbocycles. The summed E-state index contributed by atoms with van der Waals surface area (Å²) in [6.07, 6.45) is 0. The summed E-state index contributed by atoms with van der Waals surface area (Å²) in [5.41, 5.74) is 13.2. The molecule has 2 heterocycles. The maximum atomic E-state index is 6.76. The summed E-state index contributed by atoms with van der Waals surface area (Å²) >= 11 is 0. The van der Waals surface area contributed by atoms with Crippen LogP contribution in [0.1, 0.15) is 0 Å². The molecule has 2 aromatic heterocycles. The Bertz CT molecular complexity index is 3480. The van der Waals surface area contributed by atoms with Gasteiger partial charge in [-0.25, -0.2) is 0 Å². The van der Waals surface area contributed by atoms with E-state index >= 15 is 0 Å². The number of nitrogens with zero attached hydrogens (tertiary/aromatic N) is 2. The van der Waals surface area contributed by atoms with Crippen LogP contribution in [0, 0.1) is 0 Å². The molecule has 0 fully saturated rings. The third-order valence-electron chi connectivity index (χ3n) is 12.0. The second-order valence-corrected chi connectivity index (χ2v) is 15.3. The number of fused-ring (bicyclic) bond motifs is 9. The third-order valence-corrected chi connectivity index (χ3v) is 12.0. The summed E-state index contributed by atoms with van der Waals surface area (Å²) in [7, 11) is 0. The third kappa shape index (κ3) is 5.44. The van der Waals surface area contributed by atoms with E-state index in [1.165, 1.54) is 60.0 Å². The van der Waals surface area contributed by atoms with Crippen LogP contribution in [-0.4, -0.2) is 4.57 Å². The van der Waals surface area contributed by atoms with E-state index < -0.39 is 0 Å². The number of anilines is 3. The lowest BCUT2D eigenvalue weighted by Crippen LogP contribution is -2.10. The predicted molar refractivity (Wildman–Crippen MR) is 249 cm³/mol. The Hall–Kier alpha value is -7.88.